The molecule has 8 nitrogen and oxygen atoms in total. The van der Waals surface area contributed by atoms with Gasteiger partial charge in [-0.3, -0.25) is 0 Å². The number of sulfonamides is 1. The Kier molecular flexibility index (Phi) is 6.18. The van der Waals surface area contributed by atoms with Crippen LogP contribution < -0.4 is 10.0 Å². The first-order chi connectivity index (χ1) is 13.7. The second kappa shape index (κ2) is 8.62. The molecular formula is C18H20F2N6O2S. The van der Waals surface area contributed by atoms with Crippen molar-refractivity contribution < 1.29 is 17.2 Å². The van der Waals surface area contributed by atoms with Gasteiger partial charge in [-0.15, -0.1) is 0 Å². The van der Waals surface area contributed by atoms with Crippen LogP contribution in [0.3, 0.4) is 0 Å². The maximum atomic E-state index is 13.6. The SMILES string of the molecule is Cc1cc(C)n(-c2cc(NCCNS(=O)(=O)Cc3cc(F)ccc3F)ncn2)n1. The van der Waals surface area contributed by atoms with E-state index < -0.39 is 27.4 Å². The molecule has 0 saturated carbocycles. The van der Waals surface area contributed by atoms with Crippen LogP contribution in [0.5, 0.6) is 0 Å². The zero-order chi connectivity index (χ0) is 21.0. The lowest BCUT2D eigenvalue weighted by atomic mass is 10.2. The monoisotopic (exact) mass is 422 g/mol. The van der Waals surface area contributed by atoms with Gasteiger partial charge in [-0.2, -0.15) is 5.10 Å². The molecule has 2 aromatic heterocycles. The molecule has 0 unspecified atom stereocenters. The van der Waals surface area contributed by atoms with E-state index in [4.69, 9.17) is 0 Å². The van der Waals surface area contributed by atoms with Crippen LogP contribution in [0.1, 0.15) is 17.0 Å². The molecule has 2 heterocycles. The smallest absolute Gasteiger partial charge is 0.215 e. The van der Waals surface area contributed by atoms with Crippen LogP contribution in [0.2, 0.25) is 0 Å². The van der Waals surface area contributed by atoms with Gasteiger partial charge < -0.3 is 5.32 Å². The third kappa shape index (κ3) is 5.55. The fourth-order valence-corrected chi connectivity index (χ4v) is 3.87. The van der Waals surface area contributed by atoms with Gasteiger partial charge in [-0.1, -0.05) is 0 Å². The molecule has 0 atom stereocenters. The predicted molar refractivity (Wildman–Crippen MR) is 104 cm³/mol. The van der Waals surface area contributed by atoms with Crippen LogP contribution in [0.15, 0.2) is 36.7 Å². The van der Waals surface area contributed by atoms with Gasteiger partial charge in [0.05, 0.1) is 11.4 Å². The molecule has 3 aromatic rings. The molecule has 3 rings (SSSR count). The highest BCUT2D eigenvalue weighted by Crippen LogP contribution is 2.13. The van der Waals surface area contributed by atoms with Crippen LogP contribution in [-0.2, 0) is 15.8 Å². The van der Waals surface area contributed by atoms with E-state index in [0.717, 1.165) is 29.6 Å². The van der Waals surface area contributed by atoms with Gasteiger partial charge >= 0.3 is 0 Å². The normalized spacial score (nSPS) is 11.6. The van der Waals surface area contributed by atoms with Crippen molar-refractivity contribution in [3.63, 3.8) is 0 Å². The molecule has 2 N–H and O–H groups in total. The minimum Gasteiger partial charge on any atom is -0.369 e. The molecule has 0 aliphatic carbocycles. The summed E-state index contributed by atoms with van der Waals surface area (Å²) in [5.41, 5.74) is 1.56. The highest BCUT2D eigenvalue weighted by Gasteiger charge is 2.15. The fourth-order valence-electron chi connectivity index (χ4n) is 2.73. The zero-order valence-corrected chi connectivity index (χ0v) is 16.7. The van der Waals surface area contributed by atoms with Crippen LogP contribution in [0, 0.1) is 25.5 Å². The van der Waals surface area contributed by atoms with E-state index in [1.54, 1.807) is 10.7 Å². The summed E-state index contributed by atoms with van der Waals surface area (Å²) in [5, 5.41) is 7.34. The summed E-state index contributed by atoms with van der Waals surface area (Å²) in [4.78, 5) is 8.28. The van der Waals surface area contributed by atoms with Gasteiger partial charge in [0.2, 0.25) is 10.0 Å². The number of anilines is 1. The lowest BCUT2D eigenvalue weighted by Crippen LogP contribution is -2.30. The minimum atomic E-state index is -3.83. The summed E-state index contributed by atoms with van der Waals surface area (Å²) in [6, 6.07) is 6.32. The molecule has 0 aliphatic heterocycles. The van der Waals surface area contributed by atoms with E-state index in [1.165, 1.54) is 6.33 Å². The van der Waals surface area contributed by atoms with E-state index in [0.29, 0.717) is 11.6 Å². The molecular weight excluding hydrogens is 402 g/mol. The molecule has 0 amide bonds. The van der Waals surface area contributed by atoms with Crippen LogP contribution in [0.25, 0.3) is 5.82 Å². The Morgan fingerprint density at radius 3 is 2.59 bits per heavy atom. The van der Waals surface area contributed by atoms with Crippen molar-refractivity contribution in [2.75, 3.05) is 18.4 Å². The number of aromatic nitrogens is 4. The lowest BCUT2D eigenvalue weighted by molar-refractivity contribution is 0.571. The Bertz CT molecular complexity index is 1120. The summed E-state index contributed by atoms with van der Waals surface area (Å²) in [7, 11) is -3.83. The van der Waals surface area contributed by atoms with Gasteiger partial charge in [0.25, 0.3) is 0 Å². The van der Waals surface area contributed by atoms with E-state index in [9.17, 15) is 17.2 Å². The third-order valence-corrected chi connectivity index (χ3v) is 5.32. The van der Waals surface area contributed by atoms with Crippen molar-refractivity contribution in [2.24, 2.45) is 0 Å². The van der Waals surface area contributed by atoms with Gasteiger partial charge in [0.15, 0.2) is 5.82 Å². The maximum Gasteiger partial charge on any atom is 0.215 e. The summed E-state index contributed by atoms with van der Waals surface area (Å²) >= 11 is 0. The van der Waals surface area contributed by atoms with Crippen molar-refractivity contribution >= 4 is 15.8 Å². The second-order valence-corrected chi connectivity index (χ2v) is 8.22. The Hall–Kier alpha value is -2.92. The Morgan fingerprint density at radius 1 is 1.07 bits per heavy atom. The Labute approximate surface area is 167 Å². The number of benzene rings is 1. The summed E-state index contributed by atoms with van der Waals surface area (Å²) in [6.45, 7) is 4.06. The lowest BCUT2D eigenvalue weighted by Gasteiger charge is -2.10. The quantitative estimate of drug-likeness (QED) is 0.539. The molecule has 0 saturated heterocycles. The largest absolute Gasteiger partial charge is 0.369 e. The molecule has 29 heavy (non-hydrogen) atoms. The first-order valence-electron chi connectivity index (χ1n) is 8.74. The molecule has 0 aliphatic rings. The van der Waals surface area contributed by atoms with E-state index in [1.807, 2.05) is 19.9 Å². The third-order valence-electron chi connectivity index (χ3n) is 3.99. The van der Waals surface area contributed by atoms with E-state index >= 15 is 0 Å². The van der Waals surface area contributed by atoms with Gasteiger partial charge in [-0.25, -0.2) is 36.6 Å². The van der Waals surface area contributed by atoms with E-state index in [-0.39, 0.29) is 18.7 Å². The Balaban J connectivity index is 1.56. The number of nitrogens with one attached hydrogen (secondary N) is 2. The number of nitrogens with zero attached hydrogens (tertiary/aromatic N) is 4. The fraction of sp³-hybridized carbons (Fsp3) is 0.278. The van der Waals surface area contributed by atoms with Crippen molar-refractivity contribution in [3.05, 3.63) is 65.2 Å². The molecule has 154 valence electrons. The average Bonchev–Trinajstić information content (AvgIpc) is 3.00. The summed E-state index contributed by atoms with van der Waals surface area (Å²) in [5.74, 6) is -1.03. The summed E-state index contributed by atoms with van der Waals surface area (Å²) in [6.07, 6.45) is 1.38. The van der Waals surface area contributed by atoms with Gasteiger partial charge in [-0.05, 0) is 38.1 Å². The first-order valence-corrected chi connectivity index (χ1v) is 10.4. The molecule has 0 radical (unpaired) electrons. The predicted octanol–water partition coefficient (Wildman–Crippen LogP) is 2.09. The second-order valence-electron chi connectivity index (χ2n) is 6.42. The Morgan fingerprint density at radius 2 is 1.86 bits per heavy atom. The van der Waals surface area contributed by atoms with Gasteiger partial charge in [0, 0.05) is 30.4 Å². The topological polar surface area (TPSA) is 102 Å². The van der Waals surface area contributed by atoms with Crippen molar-refractivity contribution in [3.8, 4) is 5.82 Å². The maximum absolute atomic E-state index is 13.6. The average molecular weight is 422 g/mol. The molecule has 0 bridgehead atoms. The number of aryl methyl sites for hydroxylation is 2. The molecule has 0 fully saturated rings. The van der Waals surface area contributed by atoms with Crippen molar-refractivity contribution in [1.82, 2.24) is 24.5 Å². The number of rotatable bonds is 8. The minimum absolute atomic E-state index is 0.0402. The van der Waals surface area contributed by atoms with Crippen LogP contribution in [0.4, 0.5) is 14.6 Å². The highest BCUT2D eigenvalue weighted by atomic mass is 32.2. The van der Waals surface area contributed by atoms with Crippen LogP contribution in [-0.4, -0.2) is 41.3 Å². The number of hydrogen-bond donors (Lipinski definition) is 2. The van der Waals surface area contributed by atoms with Crippen LogP contribution >= 0.6 is 0 Å². The van der Waals surface area contributed by atoms with E-state index in [2.05, 4.69) is 25.1 Å². The van der Waals surface area contributed by atoms with Crippen molar-refractivity contribution in [1.29, 1.82) is 0 Å². The summed E-state index contributed by atoms with van der Waals surface area (Å²) < 4.78 is 55.0. The number of hydrogen-bond acceptors (Lipinski definition) is 6. The highest BCUT2D eigenvalue weighted by molar-refractivity contribution is 7.88. The molecule has 1 aromatic carbocycles. The molecule has 0 spiro atoms. The molecule has 11 heteroatoms. The zero-order valence-electron chi connectivity index (χ0n) is 15.9. The van der Waals surface area contributed by atoms with Crippen molar-refractivity contribution in [2.45, 2.75) is 19.6 Å². The first kappa shape index (κ1) is 20.8. The standard InChI is InChI=1S/C18H20F2N6O2S/c1-12-7-13(2)26(25-12)18-9-17(22-11-23-18)21-5-6-24-29(27,28)10-14-8-15(19)3-4-16(14)20/h3-4,7-9,11,24H,5-6,10H2,1-2H3,(H,21,22,23). The van der Waals surface area contributed by atoms with Gasteiger partial charge in [0.1, 0.15) is 23.8 Å². The number of halogens is 2.